The van der Waals surface area contributed by atoms with Gasteiger partial charge in [0.2, 0.25) is 0 Å². The molecular weight excluding hydrogens is 216 g/mol. The number of nitrogens with zero attached hydrogens (tertiary/aromatic N) is 1. The minimum atomic E-state index is -0.283. The van der Waals surface area contributed by atoms with Crippen molar-refractivity contribution < 1.29 is 5.11 Å². The van der Waals surface area contributed by atoms with Crippen molar-refractivity contribution in [2.45, 2.75) is 6.92 Å². The Labute approximate surface area is 98.3 Å². The van der Waals surface area contributed by atoms with E-state index in [1.807, 2.05) is 30.3 Å². The van der Waals surface area contributed by atoms with Gasteiger partial charge in [-0.15, -0.1) is 0 Å². The van der Waals surface area contributed by atoms with Gasteiger partial charge in [-0.3, -0.25) is 4.79 Å². The molecule has 1 aromatic heterocycles. The Hall–Kier alpha value is -2.36. The molecule has 2 aromatic rings. The van der Waals surface area contributed by atoms with Crippen molar-refractivity contribution >= 4 is 5.76 Å². The molecule has 4 nitrogen and oxygen atoms in total. The monoisotopic (exact) mass is 228 g/mol. The van der Waals surface area contributed by atoms with Crippen LogP contribution in [0, 0.1) is 6.92 Å². The summed E-state index contributed by atoms with van der Waals surface area (Å²) >= 11 is 0. The van der Waals surface area contributed by atoms with Gasteiger partial charge in [-0.25, -0.2) is 4.98 Å². The standard InChI is InChI=1S/C13H12N2O2/c1-8-11(10-6-4-3-5-7-10)13(17)15-12(14-8)9(2)16/h3-7,16H,2H2,1H3,(H,14,15,17). The maximum Gasteiger partial charge on any atom is 0.259 e. The lowest BCUT2D eigenvalue weighted by Gasteiger charge is -2.06. The second-order valence-electron chi connectivity index (χ2n) is 3.69. The fourth-order valence-electron chi connectivity index (χ4n) is 1.67. The molecule has 0 amide bonds. The molecule has 0 aliphatic carbocycles. The van der Waals surface area contributed by atoms with E-state index >= 15 is 0 Å². The summed E-state index contributed by atoms with van der Waals surface area (Å²) in [6.07, 6.45) is 0. The van der Waals surface area contributed by atoms with Crippen LogP contribution >= 0.6 is 0 Å². The number of H-pyrrole nitrogens is 1. The van der Waals surface area contributed by atoms with E-state index in [2.05, 4.69) is 16.5 Å². The molecule has 0 spiro atoms. The third kappa shape index (κ3) is 2.10. The summed E-state index contributed by atoms with van der Waals surface area (Å²) in [4.78, 5) is 18.5. The smallest absolute Gasteiger partial charge is 0.259 e. The molecule has 0 unspecified atom stereocenters. The third-order valence-electron chi connectivity index (χ3n) is 2.44. The second kappa shape index (κ2) is 4.25. The fraction of sp³-hybridized carbons (Fsp3) is 0.0769. The quantitative estimate of drug-likeness (QED) is 0.775. The van der Waals surface area contributed by atoms with Crippen LogP contribution in [0.1, 0.15) is 11.5 Å². The first kappa shape index (κ1) is 11.1. The maximum atomic E-state index is 11.9. The largest absolute Gasteiger partial charge is 0.505 e. The molecule has 0 radical (unpaired) electrons. The van der Waals surface area contributed by atoms with Crippen molar-refractivity contribution in [2.24, 2.45) is 0 Å². The lowest BCUT2D eigenvalue weighted by molar-refractivity contribution is 0.506. The van der Waals surface area contributed by atoms with Crippen LogP contribution in [0.2, 0.25) is 0 Å². The molecule has 0 atom stereocenters. The molecule has 86 valence electrons. The van der Waals surface area contributed by atoms with Gasteiger partial charge < -0.3 is 10.1 Å². The third-order valence-corrected chi connectivity index (χ3v) is 2.44. The molecule has 2 N–H and O–H groups in total. The van der Waals surface area contributed by atoms with Gasteiger partial charge in [-0.2, -0.15) is 0 Å². The normalized spacial score (nSPS) is 10.2. The number of benzene rings is 1. The maximum absolute atomic E-state index is 11.9. The SMILES string of the molecule is C=C(O)c1nc(C)c(-c2ccccc2)c(=O)[nH]1. The summed E-state index contributed by atoms with van der Waals surface area (Å²) in [5.41, 5.74) is 1.59. The van der Waals surface area contributed by atoms with Gasteiger partial charge in [0.05, 0.1) is 11.3 Å². The lowest BCUT2D eigenvalue weighted by atomic mass is 10.1. The molecule has 0 saturated carbocycles. The van der Waals surface area contributed by atoms with Crippen LogP contribution in [0.25, 0.3) is 16.9 Å². The highest BCUT2D eigenvalue weighted by molar-refractivity contribution is 5.65. The topological polar surface area (TPSA) is 66.0 Å². The van der Waals surface area contributed by atoms with Crippen molar-refractivity contribution in [1.29, 1.82) is 0 Å². The average Bonchev–Trinajstić information content (AvgIpc) is 2.29. The highest BCUT2D eigenvalue weighted by Crippen LogP contribution is 2.17. The summed E-state index contributed by atoms with van der Waals surface area (Å²) in [7, 11) is 0. The zero-order chi connectivity index (χ0) is 12.4. The number of hydrogen-bond acceptors (Lipinski definition) is 3. The highest BCUT2D eigenvalue weighted by atomic mass is 16.3. The predicted molar refractivity (Wildman–Crippen MR) is 66.7 cm³/mol. The molecule has 0 bridgehead atoms. The van der Waals surface area contributed by atoms with E-state index in [9.17, 15) is 9.90 Å². The molecule has 17 heavy (non-hydrogen) atoms. The Balaban J connectivity index is 2.65. The Morgan fingerprint density at radius 2 is 2.00 bits per heavy atom. The number of nitrogens with one attached hydrogen (secondary N) is 1. The van der Waals surface area contributed by atoms with Crippen LogP contribution in [-0.4, -0.2) is 15.1 Å². The van der Waals surface area contributed by atoms with Gasteiger partial charge >= 0.3 is 0 Å². The number of aliphatic hydroxyl groups excluding tert-OH is 1. The van der Waals surface area contributed by atoms with E-state index in [0.29, 0.717) is 11.3 Å². The van der Waals surface area contributed by atoms with Crippen molar-refractivity contribution in [1.82, 2.24) is 9.97 Å². The van der Waals surface area contributed by atoms with E-state index in [1.165, 1.54) is 0 Å². The van der Waals surface area contributed by atoms with Crippen molar-refractivity contribution in [3.05, 3.63) is 58.8 Å². The van der Waals surface area contributed by atoms with Gasteiger partial charge in [0, 0.05) is 0 Å². The molecule has 1 heterocycles. The summed E-state index contributed by atoms with van der Waals surface area (Å²) < 4.78 is 0. The second-order valence-corrected chi connectivity index (χ2v) is 3.69. The zero-order valence-corrected chi connectivity index (χ0v) is 9.40. The molecular formula is C13H12N2O2. The summed E-state index contributed by atoms with van der Waals surface area (Å²) in [6, 6.07) is 9.27. The van der Waals surface area contributed by atoms with Gasteiger partial charge in [0.15, 0.2) is 11.6 Å². The lowest BCUT2D eigenvalue weighted by Crippen LogP contribution is -2.15. The van der Waals surface area contributed by atoms with Crippen molar-refractivity contribution in [3.63, 3.8) is 0 Å². The van der Waals surface area contributed by atoms with Gasteiger partial charge in [-0.1, -0.05) is 36.9 Å². The number of aromatic nitrogens is 2. The van der Waals surface area contributed by atoms with Gasteiger partial charge in [0.1, 0.15) is 0 Å². The number of aryl methyl sites for hydroxylation is 1. The molecule has 2 rings (SSSR count). The minimum Gasteiger partial charge on any atom is -0.505 e. The number of aliphatic hydroxyl groups is 1. The first-order valence-corrected chi connectivity index (χ1v) is 5.14. The van der Waals surface area contributed by atoms with E-state index < -0.39 is 0 Å². The molecule has 1 aromatic carbocycles. The Morgan fingerprint density at radius 3 is 2.53 bits per heavy atom. The van der Waals surface area contributed by atoms with Crippen LogP contribution in [0.5, 0.6) is 0 Å². The predicted octanol–water partition coefficient (Wildman–Crippen LogP) is 2.27. The zero-order valence-electron chi connectivity index (χ0n) is 9.40. The van der Waals surface area contributed by atoms with Gasteiger partial charge in [0.25, 0.3) is 5.56 Å². The van der Waals surface area contributed by atoms with E-state index in [0.717, 1.165) is 5.56 Å². The first-order valence-electron chi connectivity index (χ1n) is 5.14. The van der Waals surface area contributed by atoms with E-state index in [4.69, 9.17) is 0 Å². The van der Waals surface area contributed by atoms with Gasteiger partial charge in [-0.05, 0) is 12.5 Å². The number of rotatable bonds is 2. The summed E-state index contributed by atoms with van der Waals surface area (Å²) in [6.45, 7) is 5.06. The van der Waals surface area contributed by atoms with Crippen LogP contribution < -0.4 is 5.56 Å². The molecule has 4 heteroatoms. The number of hydrogen-bond donors (Lipinski definition) is 2. The van der Waals surface area contributed by atoms with Crippen LogP contribution in [-0.2, 0) is 0 Å². The first-order chi connectivity index (χ1) is 8.09. The molecule has 0 aliphatic heterocycles. The van der Waals surface area contributed by atoms with E-state index in [-0.39, 0.29) is 17.1 Å². The summed E-state index contributed by atoms with van der Waals surface area (Å²) in [5.74, 6) is -0.142. The average molecular weight is 228 g/mol. The highest BCUT2D eigenvalue weighted by Gasteiger charge is 2.10. The van der Waals surface area contributed by atoms with Crippen LogP contribution in [0.4, 0.5) is 0 Å². The molecule has 0 aliphatic rings. The molecule has 0 fully saturated rings. The number of aromatic amines is 1. The minimum absolute atomic E-state index is 0.104. The fourth-order valence-corrected chi connectivity index (χ4v) is 1.67. The Morgan fingerprint density at radius 1 is 1.35 bits per heavy atom. The summed E-state index contributed by atoms with van der Waals surface area (Å²) in [5, 5.41) is 9.21. The molecule has 0 saturated heterocycles. The van der Waals surface area contributed by atoms with Crippen LogP contribution in [0.15, 0.2) is 41.7 Å². The van der Waals surface area contributed by atoms with Crippen LogP contribution in [0.3, 0.4) is 0 Å². The van der Waals surface area contributed by atoms with Crippen molar-refractivity contribution in [3.8, 4) is 11.1 Å². The Kier molecular flexibility index (Phi) is 2.78. The Bertz CT molecular complexity index is 615. The van der Waals surface area contributed by atoms with E-state index in [1.54, 1.807) is 6.92 Å². The van der Waals surface area contributed by atoms with Crippen molar-refractivity contribution in [2.75, 3.05) is 0 Å².